The molecule has 8 heteroatoms. The van der Waals surface area contributed by atoms with Crippen LogP contribution in [0.25, 0.3) is 0 Å². The molecule has 1 aromatic carbocycles. The number of nitrogens with one attached hydrogen (secondary N) is 1. The minimum Gasteiger partial charge on any atom is -0.481 e. The number of carbonyl (C=O) groups excluding carboxylic acids is 2. The van der Waals surface area contributed by atoms with E-state index >= 15 is 0 Å². The highest BCUT2D eigenvalue weighted by atomic mass is 19.1. The number of para-hydroxylation sites is 1. The van der Waals surface area contributed by atoms with Gasteiger partial charge in [-0.1, -0.05) is 12.1 Å². The van der Waals surface area contributed by atoms with Crippen molar-refractivity contribution in [3.63, 3.8) is 0 Å². The van der Waals surface area contributed by atoms with Gasteiger partial charge in [-0.25, -0.2) is 4.39 Å². The number of amides is 2. The number of aromatic nitrogens is 2. The van der Waals surface area contributed by atoms with E-state index in [4.69, 9.17) is 10.5 Å². The van der Waals surface area contributed by atoms with Gasteiger partial charge in [0, 0.05) is 6.54 Å². The summed E-state index contributed by atoms with van der Waals surface area (Å²) in [5.74, 6) is -1.34. The van der Waals surface area contributed by atoms with Crippen molar-refractivity contribution >= 4 is 11.8 Å². The number of nitrogens with two attached hydrogens (primary N) is 1. The van der Waals surface area contributed by atoms with E-state index in [-0.39, 0.29) is 30.0 Å². The summed E-state index contributed by atoms with van der Waals surface area (Å²) < 4.78 is 18.9. The molecule has 132 valence electrons. The molecule has 0 aliphatic carbocycles. The zero-order chi connectivity index (χ0) is 17.8. The summed E-state index contributed by atoms with van der Waals surface area (Å²) in [7, 11) is 0. The molecule has 2 aromatic rings. The topological polar surface area (TPSA) is 101 Å². The fourth-order valence-electron chi connectivity index (χ4n) is 2.97. The lowest BCUT2D eigenvalue weighted by atomic mass is 9.99. The van der Waals surface area contributed by atoms with Gasteiger partial charge < -0.3 is 15.4 Å². The van der Waals surface area contributed by atoms with Gasteiger partial charge in [-0.3, -0.25) is 14.7 Å². The second-order valence-electron chi connectivity index (χ2n) is 5.89. The molecule has 1 aliphatic rings. The molecule has 3 rings (SSSR count). The number of primary amides is 1. The Labute approximate surface area is 144 Å². The number of rotatable bonds is 5. The van der Waals surface area contributed by atoms with E-state index in [2.05, 4.69) is 10.2 Å². The van der Waals surface area contributed by atoms with E-state index in [0.717, 1.165) is 19.3 Å². The quantitative estimate of drug-likeness (QED) is 0.861. The predicted octanol–water partition coefficient (Wildman–Crippen LogP) is 1.78. The van der Waals surface area contributed by atoms with E-state index in [9.17, 15) is 14.0 Å². The van der Waals surface area contributed by atoms with Gasteiger partial charge in [0.05, 0.1) is 11.7 Å². The first-order chi connectivity index (χ1) is 12.1. The SMILES string of the molecule is NC(=O)c1cc([C@@H]2CCCCN2C(=O)COc2ccccc2F)[nH]n1. The van der Waals surface area contributed by atoms with E-state index in [1.54, 1.807) is 23.1 Å². The van der Waals surface area contributed by atoms with Crippen molar-refractivity contribution in [2.24, 2.45) is 5.73 Å². The van der Waals surface area contributed by atoms with Gasteiger partial charge in [0.15, 0.2) is 18.2 Å². The third-order valence-electron chi connectivity index (χ3n) is 4.22. The van der Waals surface area contributed by atoms with Gasteiger partial charge in [0.2, 0.25) is 0 Å². The van der Waals surface area contributed by atoms with Crippen molar-refractivity contribution in [3.05, 3.63) is 47.5 Å². The van der Waals surface area contributed by atoms with Gasteiger partial charge in [-0.05, 0) is 37.5 Å². The normalized spacial score (nSPS) is 17.3. The number of piperidine rings is 1. The smallest absolute Gasteiger partial charge is 0.269 e. The summed E-state index contributed by atoms with van der Waals surface area (Å²) in [5.41, 5.74) is 6.01. The average Bonchev–Trinajstić information content (AvgIpc) is 3.11. The number of H-pyrrole nitrogens is 1. The molecule has 3 N–H and O–H groups in total. The first kappa shape index (κ1) is 16.9. The Morgan fingerprint density at radius 1 is 1.36 bits per heavy atom. The maximum atomic E-state index is 13.6. The molecule has 7 nitrogen and oxygen atoms in total. The van der Waals surface area contributed by atoms with Crippen LogP contribution in [0.3, 0.4) is 0 Å². The van der Waals surface area contributed by atoms with Crippen molar-refractivity contribution in [1.29, 1.82) is 0 Å². The van der Waals surface area contributed by atoms with Gasteiger partial charge in [-0.15, -0.1) is 0 Å². The molecule has 0 saturated carbocycles. The molecular weight excluding hydrogens is 327 g/mol. The van der Waals surface area contributed by atoms with Crippen LogP contribution in [0.5, 0.6) is 5.75 Å². The minimum absolute atomic E-state index is 0.0435. The fraction of sp³-hybridized carbons (Fsp3) is 0.353. The number of carbonyl (C=O) groups is 2. The van der Waals surface area contributed by atoms with Crippen LogP contribution in [0.1, 0.15) is 41.5 Å². The Bertz CT molecular complexity index is 777. The van der Waals surface area contributed by atoms with Crippen LogP contribution in [0.2, 0.25) is 0 Å². The molecule has 2 amide bonds. The van der Waals surface area contributed by atoms with Crippen LogP contribution in [-0.2, 0) is 4.79 Å². The molecule has 0 bridgehead atoms. The highest BCUT2D eigenvalue weighted by Crippen LogP contribution is 2.30. The lowest BCUT2D eigenvalue weighted by molar-refractivity contribution is -0.137. The molecule has 2 heterocycles. The van der Waals surface area contributed by atoms with Crippen LogP contribution in [0, 0.1) is 5.82 Å². The summed E-state index contributed by atoms with van der Waals surface area (Å²) in [4.78, 5) is 25.4. The van der Waals surface area contributed by atoms with E-state index < -0.39 is 11.7 Å². The third-order valence-corrected chi connectivity index (χ3v) is 4.22. The first-order valence-corrected chi connectivity index (χ1v) is 8.08. The van der Waals surface area contributed by atoms with Crippen molar-refractivity contribution < 1.29 is 18.7 Å². The van der Waals surface area contributed by atoms with Crippen LogP contribution in [0.15, 0.2) is 30.3 Å². The van der Waals surface area contributed by atoms with Crippen LogP contribution in [0.4, 0.5) is 4.39 Å². The van der Waals surface area contributed by atoms with Crippen LogP contribution >= 0.6 is 0 Å². The first-order valence-electron chi connectivity index (χ1n) is 8.08. The van der Waals surface area contributed by atoms with Crippen molar-refractivity contribution in [2.75, 3.05) is 13.2 Å². The number of hydrogen-bond acceptors (Lipinski definition) is 4. The maximum absolute atomic E-state index is 13.6. The van der Waals surface area contributed by atoms with Gasteiger partial charge in [-0.2, -0.15) is 5.10 Å². The number of hydrogen-bond donors (Lipinski definition) is 2. The standard InChI is InChI=1S/C17H19FN4O3/c18-11-5-1-2-7-15(11)25-10-16(23)22-8-4-3-6-14(22)12-9-13(17(19)24)21-20-12/h1-2,5,7,9,14H,3-4,6,8,10H2,(H2,19,24)(H,20,21)/t14-/m0/s1. The molecular formula is C17H19FN4O3. The molecule has 1 saturated heterocycles. The average molecular weight is 346 g/mol. The monoisotopic (exact) mass is 346 g/mol. The van der Waals surface area contributed by atoms with Gasteiger partial charge in [0.25, 0.3) is 11.8 Å². The summed E-state index contributed by atoms with van der Waals surface area (Å²) in [5, 5.41) is 6.65. The number of benzene rings is 1. The highest BCUT2D eigenvalue weighted by molar-refractivity contribution is 5.90. The van der Waals surface area contributed by atoms with Crippen molar-refractivity contribution in [1.82, 2.24) is 15.1 Å². The summed E-state index contributed by atoms with van der Waals surface area (Å²) >= 11 is 0. The zero-order valence-corrected chi connectivity index (χ0v) is 13.6. The lowest BCUT2D eigenvalue weighted by Gasteiger charge is -2.35. The van der Waals surface area contributed by atoms with E-state index in [1.165, 1.54) is 12.1 Å². The number of nitrogens with zero attached hydrogens (tertiary/aromatic N) is 2. The Hall–Kier alpha value is -2.90. The molecule has 1 fully saturated rings. The maximum Gasteiger partial charge on any atom is 0.269 e. The Kier molecular flexibility index (Phi) is 4.97. The summed E-state index contributed by atoms with van der Waals surface area (Å²) in [6.45, 7) is 0.309. The molecule has 1 aliphatic heterocycles. The Morgan fingerprint density at radius 2 is 2.16 bits per heavy atom. The minimum atomic E-state index is -0.626. The molecule has 1 atom stereocenters. The second-order valence-corrected chi connectivity index (χ2v) is 5.89. The lowest BCUT2D eigenvalue weighted by Crippen LogP contribution is -2.41. The van der Waals surface area contributed by atoms with Crippen LogP contribution < -0.4 is 10.5 Å². The summed E-state index contributed by atoms with van der Waals surface area (Å²) in [6, 6.07) is 7.29. The molecule has 1 aromatic heterocycles. The second kappa shape index (κ2) is 7.33. The number of ether oxygens (including phenoxy) is 1. The Balaban J connectivity index is 1.70. The van der Waals surface area contributed by atoms with Gasteiger partial charge >= 0.3 is 0 Å². The molecule has 0 unspecified atom stereocenters. The largest absolute Gasteiger partial charge is 0.481 e. The zero-order valence-electron chi connectivity index (χ0n) is 13.6. The predicted molar refractivity (Wildman–Crippen MR) is 87.3 cm³/mol. The van der Waals surface area contributed by atoms with Crippen LogP contribution in [-0.4, -0.2) is 40.1 Å². The Morgan fingerprint density at radius 3 is 2.88 bits per heavy atom. The molecule has 25 heavy (non-hydrogen) atoms. The van der Waals surface area contributed by atoms with Gasteiger partial charge in [0.1, 0.15) is 5.69 Å². The molecule has 0 spiro atoms. The van der Waals surface area contributed by atoms with E-state index in [1.807, 2.05) is 0 Å². The molecule has 0 radical (unpaired) electrons. The highest BCUT2D eigenvalue weighted by Gasteiger charge is 2.30. The number of halogens is 1. The summed E-state index contributed by atoms with van der Waals surface area (Å²) in [6.07, 6.45) is 2.57. The third kappa shape index (κ3) is 3.78. The van der Waals surface area contributed by atoms with E-state index in [0.29, 0.717) is 12.2 Å². The fourth-order valence-corrected chi connectivity index (χ4v) is 2.97. The van der Waals surface area contributed by atoms with Crippen molar-refractivity contribution in [2.45, 2.75) is 25.3 Å². The number of aromatic amines is 1. The number of likely N-dealkylation sites (tertiary alicyclic amines) is 1. The van der Waals surface area contributed by atoms with Crippen molar-refractivity contribution in [3.8, 4) is 5.75 Å².